The Morgan fingerprint density at radius 3 is 2.59 bits per heavy atom. The smallest absolute Gasteiger partial charge is 0.186 e. The number of hydrogen-bond donors (Lipinski definition) is 1. The lowest BCUT2D eigenvalue weighted by atomic mass is 10.0. The topological polar surface area (TPSA) is 57.1 Å². The molecule has 6 heteroatoms. The van der Waals surface area contributed by atoms with Gasteiger partial charge in [0.1, 0.15) is 10.9 Å². The Hall–Kier alpha value is -1.92. The summed E-state index contributed by atoms with van der Waals surface area (Å²) in [7, 11) is 3.98. The Bertz CT molecular complexity index is 733. The standard InChI is InChI=1S/C16H15N3OS2/c1-19(2)11-5-3-10(4-6-11)9-12-14(20)13(15(17)22-12)16-18-7-8-21-16/h3-9,13,17H,1-2H3/b12-9-,17-15?/t13-/m0/s1. The first-order valence-electron chi connectivity index (χ1n) is 6.75. The summed E-state index contributed by atoms with van der Waals surface area (Å²) in [6.45, 7) is 0. The van der Waals surface area contributed by atoms with Gasteiger partial charge in [-0.2, -0.15) is 0 Å². The van der Waals surface area contributed by atoms with E-state index < -0.39 is 5.92 Å². The number of anilines is 1. The molecule has 0 bridgehead atoms. The van der Waals surface area contributed by atoms with Crippen molar-refractivity contribution in [3.8, 4) is 0 Å². The summed E-state index contributed by atoms with van der Waals surface area (Å²) in [6, 6.07) is 7.99. The van der Waals surface area contributed by atoms with E-state index in [-0.39, 0.29) is 5.78 Å². The first-order chi connectivity index (χ1) is 10.6. The Kier molecular flexibility index (Phi) is 4.13. The van der Waals surface area contributed by atoms with Crippen LogP contribution in [0.3, 0.4) is 0 Å². The van der Waals surface area contributed by atoms with Gasteiger partial charge in [-0.05, 0) is 23.8 Å². The highest BCUT2D eigenvalue weighted by Gasteiger charge is 2.38. The van der Waals surface area contributed by atoms with E-state index in [1.165, 1.54) is 23.1 Å². The van der Waals surface area contributed by atoms with Gasteiger partial charge in [-0.1, -0.05) is 23.9 Å². The van der Waals surface area contributed by atoms with Crippen molar-refractivity contribution < 1.29 is 4.79 Å². The predicted molar refractivity (Wildman–Crippen MR) is 93.9 cm³/mol. The van der Waals surface area contributed by atoms with Gasteiger partial charge in [-0.15, -0.1) is 11.3 Å². The number of carbonyl (C=O) groups excluding carboxylic acids is 1. The molecular formula is C16H15N3OS2. The maximum absolute atomic E-state index is 12.5. The number of thiazole rings is 1. The quantitative estimate of drug-likeness (QED) is 0.874. The van der Waals surface area contributed by atoms with Gasteiger partial charge in [-0.3, -0.25) is 10.2 Å². The molecule has 3 rings (SSSR count). The SMILES string of the molecule is CN(C)c1ccc(/C=C2\SC(=N)[C@@H](c3nccs3)C2=O)cc1. The molecule has 2 heterocycles. The average molecular weight is 329 g/mol. The number of Topliss-reactive ketones (excluding diaryl/α,β-unsaturated/α-hetero) is 1. The zero-order valence-electron chi connectivity index (χ0n) is 12.2. The molecule has 0 unspecified atom stereocenters. The highest BCUT2D eigenvalue weighted by Crippen LogP contribution is 2.41. The van der Waals surface area contributed by atoms with Crippen molar-refractivity contribution in [3.05, 3.63) is 51.3 Å². The number of benzene rings is 1. The summed E-state index contributed by atoms with van der Waals surface area (Å²) >= 11 is 2.66. The van der Waals surface area contributed by atoms with Gasteiger partial charge >= 0.3 is 0 Å². The monoisotopic (exact) mass is 329 g/mol. The van der Waals surface area contributed by atoms with E-state index in [4.69, 9.17) is 5.41 Å². The minimum Gasteiger partial charge on any atom is -0.378 e. The summed E-state index contributed by atoms with van der Waals surface area (Å²) in [5, 5.41) is 11.0. The summed E-state index contributed by atoms with van der Waals surface area (Å²) in [5.74, 6) is -0.543. The van der Waals surface area contributed by atoms with Gasteiger partial charge in [-0.25, -0.2) is 4.98 Å². The zero-order chi connectivity index (χ0) is 15.7. The third-order valence-corrected chi connectivity index (χ3v) is 5.23. The lowest BCUT2D eigenvalue weighted by Crippen LogP contribution is -2.11. The molecule has 1 aromatic heterocycles. The molecular weight excluding hydrogens is 314 g/mol. The second kappa shape index (κ2) is 6.06. The van der Waals surface area contributed by atoms with Crippen molar-refractivity contribution in [1.82, 2.24) is 4.98 Å². The van der Waals surface area contributed by atoms with Crippen molar-refractivity contribution in [2.24, 2.45) is 0 Å². The number of allylic oxidation sites excluding steroid dienone is 1. The number of hydrogen-bond acceptors (Lipinski definition) is 6. The van der Waals surface area contributed by atoms with Gasteiger partial charge in [0.05, 0.1) is 9.95 Å². The Morgan fingerprint density at radius 2 is 2.00 bits per heavy atom. The molecule has 0 saturated carbocycles. The van der Waals surface area contributed by atoms with Gasteiger partial charge < -0.3 is 4.90 Å². The number of rotatable bonds is 3. The van der Waals surface area contributed by atoms with E-state index in [0.29, 0.717) is 15.0 Å². The summed E-state index contributed by atoms with van der Waals surface area (Å²) in [4.78, 5) is 19.3. The molecule has 0 amide bonds. The van der Waals surface area contributed by atoms with E-state index in [2.05, 4.69) is 4.98 Å². The largest absolute Gasteiger partial charge is 0.378 e. The maximum Gasteiger partial charge on any atom is 0.186 e. The van der Waals surface area contributed by atoms with Gasteiger partial charge in [0.15, 0.2) is 5.78 Å². The summed E-state index contributed by atoms with van der Waals surface area (Å²) in [6.07, 6.45) is 3.53. The van der Waals surface area contributed by atoms with E-state index in [1.54, 1.807) is 6.20 Å². The first-order valence-corrected chi connectivity index (χ1v) is 8.45. The van der Waals surface area contributed by atoms with E-state index in [1.807, 2.05) is 54.7 Å². The lowest BCUT2D eigenvalue weighted by Gasteiger charge is -2.11. The molecule has 0 spiro atoms. The molecule has 1 aromatic carbocycles. The zero-order valence-corrected chi connectivity index (χ0v) is 13.9. The van der Waals surface area contributed by atoms with Crippen LogP contribution in [0.5, 0.6) is 0 Å². The fourth-order valence-electron chi connectivity index (χ4n) is 2.21. The van der Waals surface area contributed by atoms with E-state index in [0.717, 1.165) is 11.3 Å². The number of thioether (sulfide) groups is 1. The van der Waals surface area contributed by atoms with Crippen molar-refractivity contribution in [2.45, 2.75) is 5.92 Å². The first kappa shape index (κ1) is 15.0. The number of carbonyl (C=O) groups is 1. The van der Waals surface area contributed by atoms with Crippen LogP contribution >= 0.6 is 23.1 Å². The van der Waals surface area contributed by atoms with Crippen LogP contribution in [0.2, 0.25) is 0 Å². The molecule has 22 heavy (non-hydrogen) atoms. The molecule has 2 aromatic rings. The Labute approximate surface area is 137 Å². The third-order valence-electron chi connectivity index (χ3n) is 3.39. The highest BCUT2D eigenvalue weighted by molar-refractivity contribution is 8.19. The lowest BCUT2D eigenvalue weighted by molar-refractivity contribution is -0.114. The van der Waals surface area contributed by atoms with Crippen LogP contribution in [-0.4, -0.2) is 29.9 Å². The van der Waals surface area contributed by atoms with Crippen molar-refractivity contribution in [2.75, 3.05) is 19.0 Å². The minimum absolute atomic E-state index is 0.0263. The Morgan fingerprint density at radius 1 is 1.27 bits per heavy atom. The fourth-order valence-corrected chi connectivity index (χ4v) is 4.02. The van der Waals surface area contributed by atoms with Crippen LogP contribution in [-0.2, 0) is 4.79 Å². The summed E-state index contributed by atoms with van der Waals surface area (Å²) in [5.41, 5.74) is 2.08. The minimum atomic E-state index is -0.516. The molecule has 4 nitrogen and oxygen atoms in total. The molecule has 1 aliphatic heterocycles. The number of ketones is 1. The van der Waals surface area contributed by atoms with Crippen molar-refractivity contribution in [3.63, 3.8) is 0 Å². The van der Waals surface area contributed by atoms with Crippen LogP contribution in [0, 0.1) is 5.41 Å². The maximum atomic E-state index is 12.5. The molecule has 0 radical (unpaired) electrons. The molecule has 1 atom stereocenters. The second-order valence-electron chi connectivity index (χ2n) is 5.13. The number of nitrogens with one attached hydrogen (secondary N) is 1. The van der Waals surface area contributed by atoms with Crippen LogP contribution in [0.25, 0.3) is 6.08 Å². The van der Waals surface area contributed by atoms with Crippen LogP contribution in [0.4, 0.5) is 5.69 Å². The van der Waals surface area contributed by atoms with Crippen LogP contribution in [0.1, 0.15) is 16.5 Å². The second-order valence-corrected chi connectivity index (χ2v) is 7.14. The normalized spacial score (nSPS) is 19.9. The van der Waals surface area contributed by atoms with Gasteiger partial charge in [0.2, 0.25) is 0 Å². The molecule has 112 valence electrons. The van der Waals surface area contributed by atoms with Crippen LogP contribution in [0.15, 0.2) is 40.7 Å². The summed E-state index contributed by atoms with van der Waals surface area (Å²) < 4.78 is 0. The van der Waals surface area contributed by atoms with E-state index >= 15 is 0 Å². The van der Waals surface area contributed by atoms with Crippen molar-refractivity contribution in [1.29, 1.82) is 5.41 Å². The molecule has 1 N–H and O–H groups in total. The fraction of sp³-hybridized carbons (Fsp3) is 0.188. The Balaban J connectivity index is 1.86. The molecule has 1 fully saturated rings. The third kappa shape index (κ3) is 2.84. The van der Waals surface area contributed by atoms with Crippen LogP contribution < -0.4 is 4.90 Å². The van der Waals surface area contributed by atoms with Gasteiger partial charge in [0.25, 0.3) is 0 Å². The highest BCUT2D eigenvalue weighted by atomic mass is 32.2. The van der Waals surface area contributed by atoms with Gasteiger partial charge in [0, 0.05) is 31.4 Å². The predicted octanol–water partition coefficient (Wildman–Crippen LogP) is 3.63. The number of nitrogens with zero attached hydrogens (tertiary/aromatic N) is 2. The molecule has 1 saturated heterocycles. The van der Waals surface area contributed by atoms with E-state index in [9.17, 15) is 4.79 Å². The average Bonchev–Trinajstić information content (AvgIpc) is 3.09. The van der Waals surface area contributed by atoms with Crippen molar-refractivity contribution >= 4 is 45.7 Å². The molecule has 1 aliphatic rings. The number of aromatic nitrogens is 1. The molecule has 0 aliphatic carbocycles.